The van der Waals surface area contributed by atoms with Crippen LogP contribution >= 0.6 is 0 Å². The Morgan fingerprint density at radius 3 is 2.34 bits per heavy atom. The summed E-state index contributed by atoms with van der Waals surface area (Å²) in [5.74, 6) is 1.10. The van der Waals surface area contributed by atoms with E-state index in [1.54, 1.807) is 0 Å². The molecule has 3 aromatic rings. The topological polar surface area (TPSA) is 18.5 Å². The average Bonchev–Trinajstić information content (AvgIpc) is 3.34. The molecule has 0 saturated heterocycles. The third kappa shape index (κ3) is 5.95. The van der Waals surface area contributed by atoms with Crippen LogP contribution in [0.15, 0.2) is 66.7 Å². The molecule has 0 saturated carbocycles. The van der Waals surface area contributed by atoms with Gasteiger partial charge in [-0.2, -0.15) is 0 Å². The molecule has 2 nitrogen and oxygen atoms in total. The van der Waals surface area contributed by atoms with Gasteiger partial charge in [0.1, 0.15) is 12.4 Å². The monoisotopic (exact) mass is 597 g/mol. The number of hydrogen-bond acceptors (Lipinski definition) is 2. The van der Waals surface area contributed by atoms with Gasteiger partial charge in [0.2, 0.25) is 0 Å². The van der Waals surface area contributed by atoms with Crippen LogP contribution in [-0.4, -0.2) is 21.5 Å². The van der Waals surface area contributed by atoms with E-state index in [0.717, 1.165) is 5.76 Å². The fourth-order valence-corrected chi connectivity index (χ4v) is 5.43. The maximum Gasteiger partial charge on any atom is 3.00 e. The van der Waals surface area contributed by atoms with Crippen LogP contribution in [0.4, 0.5) is 0 Å². The quantitative estimate of drug-likeness (QED) is 0.164. The minimum absolute atomic E-state index is 0. The van der Waals surface area contributed by atoms with Gasteiger partial charge in [0, 0.05) is 11.5 Å². The number of fused-ring (bicyclic) bond motifs is 3. The van der Waals surface area contributed by atoms with Crippen molar-refractivity contribution in [3.8, 4) is 0 Å². The van der Waals surface area contributed by atoms with Crippen LogP contribution in [-0.2, 0) is 35.4 Å². The van der Waals surface area contributed by atoms with Crippen LogP contribution in [0.3, 0.4) is 0 Å². The van der Waals surface area contributed by atoms with E-state index in [1.807, 2.05) is 0 Å². The van der Waals surface area contributed by atoms with Crippen molar-refractivity contribution in [3.63, 3.8) is 0 Å². The van der Waals surface area contributed by atoms with E-state index in [0.29, 0.717) is 13.2 Å². The van der Waals surface area contributed by atoms with Crippen molar-refractivity contribution in [2.75, 3.05) is 13.2 Å². The Hall–Kier alpha value is -1.42. The van der Waals surface area contributed by atoms with Crippen molar-refractivity contribution in [1.82, 2.24) is 0 Å². The Morgan fingerprint density at radius 1 is 0.886 bits per heavy atom. The summed E-state index contributed by atoms with van der Waals surface area (Å²) in [6.07, 6.45) is 8.20. The predicted molar refractivity (Wildman–Crippen MR) is 134 cm³/mol. The van der Waals surface area contributed by atoms with E-state index >= 15 is 0 Å². The molecule has 6 heteroatoms. The van der Waals surface area contributed by atoms with Crippen molar-refractivity contribution in [1.29, 1.82) is 0 Å². The molecule has 0 heterocycles. The minimum Gasteiger partial charge on any atom is -1.00 e. The molecule has 1 unspecified atom stereocenters. The SMILES string of the molecule is CC=c1ccc2c(c1C1C=C(OCCO[Si](C)(C)C)c3ccccc31)[C-]=c1ccccc1=2.[Cl-].[Cl-].[Zr+3]. The molecule has 0 aliphatic heterocycles. The van der Waals surface area contributed by atoms with Crippen molar-refractivity contribution >= 4 is 26.2 Å². The van der Waals surface area contributed by atoms with Gasteiger partial charge in [-0.1, -0.05) is 71.5 Å². The number of hydrogen-bond donors (Lipinski definition) is 0. The van der Waals surface area contributed by atoms with Gasteiger partial charge >= 0.3 is 26.2 Å². The van der Waals surface area contributed by atoms with Gasteiger partial charge in [-0.05, 0) is 38.2 Å². The van der Waals surface area contributed by atoms with Gasteiger partial charge in [-0.3, -0.25) is 0 Å². The third-order valence-corrected chi connectivity index (χ3v) is 7.20. The number of ether oxygens (including phenoxy) is 1. The molecule has 3 aromatic carbocycles. The number of rotatable bonds is 6. The van der Waals surface area contributed by atoms with Crippen molar-refractivity contribution in [2.45, 2.75) is 32.5 Å². The first-order valence-electron chi connectivity index (χ1n) is 11.4. The first-order valence-corrected chi connectivity index (χ1v) is 14.8. The normalized spacial score (nSPS) is 15.4. The molecule has 2 aliphatic rings. The summed E-state index contributed by atoms with van der Waals surface area (Å²) in [4.78, 5) is 0. The molecular weight excluding hydrogens is 571 g/mol. The van der Waals surface area contributed by atoms with Gasteiger partial charge in [-0.25, -0.2) is 0 Å². The third-order valence-electron chi connectivity index (χ3n) is 6.13. The second-order valence-electron chi connectivity index (χ2n) is 9.36. The summed E-state index contributed by atoms with van der Waals surface area (Å²) >= 11 is 0. The second kappa shape index (κ2) is 12.2. The summed E-state index contributed by atoms with van der Waals surface area (Å²) in [5.41, 5.74) is 5.00. The van der Waals surface area contributed by atoms with Crippen molar-refractivity contribution in [3.05, 3.63) is 110 Å². The maximum absolute atomic E-state index is 6.26. The molecule has 0 N–H and O–H groups in total. The number of benzene rings is 3. The number of halogens is 2. The molecule has 0 amide bonds. The van der Waals surface area contributed by atoms with Gasteiger partial charge in [-0.15, -0.1) is 33.4 Å². The smallest absolute Gasteiger partial charge is 1.00 e. The number of allylic oxidation sites excluding steroid dienone is 1. The summed E-state index contributed by atoms with van der Waals surface area (Å²) in [7, 11) is -1.54. The van der Waals surface area contributed by atoms with Crippen LogP contribution in [0, 0.1) is 10.4 Å². The molecule has 1 atom stereocenters. The van der Waals surface area contributed by atoms with Crippen molar-refractivity contribution < 1.29 is 60.2 Å². The molecule has 1 radical (unpaired) electrons. The summed E-state index contributed by atoms with van der Waals surface area (Å²) in [5, 5.41) is 4.96. The molecule has 0 spiro atoms. The summed E-state index contributed by atoms with van der Waals surface area (Å²) in [6, 6.07) is 21.6. The minimum atomic E-state index is -1.54. The average molecular weight is 600 g/mol. The van der Waals surface area contributed by atoms with Crippen LogP contribution in [0.2, 0.25) is 19.6 Å². The maximum atomic E-state index is 6.26. The summed E-state index contributed by atoms with van der Waals surface area (Å²) in [6.45, 7) is 9.93. The van der Waals surface area contributed by atoms with Crippen LogP contribution in [0.1, 0.15) is 35.1 Å². The zero-order chi connectivity index (χ0) is 22.3. The molecule has 0 fully saturated rings. The molecule has 179 valence electrons. The van der Waals surface area contributed by atoms with Crippen LogP contribution < -0.4 is 35.3 Å². The Morgan fingerprint density at radius 2 is 1.60 bits per heavy atom. The molecule has 35 heavy (non-hydrogen) atoms. The van der Waals surface area contributed by atoms with Gasteiger partial charge in [0.25, 0.3) is 0 Å². The Bertz CT molecular complexity index is 1440. The van der Waals surface area contributed by atoms with E-state index in [4.69, 9.17) is 9.16 Å². The van der Waals surface area contributed by atoms with E-state index in [2.05, 4.69) is 105 Å². The van der Waals surface area contributed by atoms with Gasteiger partial charge in [0.05, 0.1) is 6.61 Å². The largest absolute Gasteiger partial charge is 3.00 e. The molecule has 5 rings (SSSR count). The second-order valence-corrected chi connectivity index (χ2v) is 13.9. The molecule has 0 aromatic heterocycles. The zero-order valence-electron chi connectivity index (χ0n) is 20.5. The predicted octanol–water partition coefficient (Wildman–Crippen LogP) is -0.847. The molecular formula is C29H29Cl2O2SiZr. The van der Waals surface area contributed by atoms with Gasteiger partial charge in [0.15, 0.2) is 8.32 Å². The van der Waals surface area contributed by atoms with E-state index in [1.165, 1.54) is 43.1 Å². The van der Waals surface area contributed by atoms with Crippen LogP contribution in [0.5, 0.6) is 0 Å². The Labute approximate surface area is 240 Å². The molecule has 2 aliphatic carbocycles. The zero-order valence-corrected chi connectivity index (χ0v) is 25.5. The standard InChI is InChI=1S/C29H29O2Si.2ClH.Zr/c1-5-20-14-15-24-22-11-7-6-10-21(22)18-26(24)29(20)27-19-28(25-13-9-8-12-23(25)27)30-16-17-31-32(2,3)4;;;/h5-15,19,27H,16-17H2,1-4H3;2*1H;/q-1;;;+3/p-2. The first-order chi connectivity index (χ1) is 15.5. The van der Waals surface area contributed by atoms with Gasteiger partial charge < -0.3 is 34.0 Å². The van der Waals surface area contributed by atoms with E-state index < -0.39 is 8.32 Å². The molecule has 0 bridgehead atoms. The van der Waals surface area contributed by atoms with E-state index in [9.17, 15) is 0 Å². The fraction of sp³-hybridized carbons (Fsp3) is 0.241. The summed E-state index contributed by atoms with van der Waals surface area (Å²) < 4.78 is 12.3. The Kier molecular flexibility index (Phi) is 10.4. The van der Waals surface area contributed by atoms with Crippen LogP contribution in [0.25, 0.3) is 17.9 Å². The Balaban J connectivity index is 0.00000144. The van der Waals surface area contributed by atoms with Crippen molar-refractivity contribution in [2.24, 2.45) is 0 Å². The first kappa shape index (κ1) is 29.8. The fourth-order valence-electron chi connectivity index (χ4n) is 4.73. The van der Waals surface area contributed by atoms with E-state index in [-0.39, 0.29) is 56.9 Å².